The Hall–Kier alpha value is -3.04. The number of halogens is 4. The third-order valence-electron chi connectivity index (χ3n) is 4.33. The average molecular weight is 403 g/mol. The number of pyridine rings is 1. The number of benzene rings is 2. The maximum Gasteiger partial charge on any atom is 0.417 e. The molecule has 0 aliphatic rings. The molecule has 0 bridgehead atoms. The van der Waals surface area contributed by atoms with Gasteiger partial charge in [-0.25, -0.2) is 0 Å². The molecule has 0 amide bonds. The summed E-state index contributed by atoms with van der Waals surface area (Å²) in [6.07, 6.45) is -4.84. The predicted octanol–water partition coefficient (Wildman–Crippen LogP) is 5.42. The smallest absolute Gasteiger partial charge is 0.303 e. The molecule has 0 unspecified atom stereocenters. The summed E-state index contributed by atoms with van der Waals surface area (Å²) in [5.74, 6) is 0. The van der Waals surface area contributed by atoms with Gasteiger partial charge in [-0.1, -0.05) is 59.6 Å². The van der Waals surface area contributed by atoms with Crippen LogP contribution in [0.1, 0.15) is 22.3 Å². The molecule has 0 N–H and O–H groups in total. The summed E-state index contributed by atoms with van der Waals surface area (Å²) < 4.78 is 41.6. The summed E-state index contributed by atoms with van der Waals surface area (Å²) in [7, 11) is 0. The highest BCUT2D eigenvalue weighted by atomic mass is 35.5. The van der Waals surface area contributed by atoms with Gasteiger partial charge in [0, 0.05) is 10.6 Å². The summed E-state index contributed by atoms with van der Waals surface area (Å²) in [4.78, 5) is 12.8. The summed E-state index contributed by atoms with van der Waals surface area (Å²) in [6, 6.07) is 15.8. The fourth-order valence-electron chi connectivity index (χ4n) is 2.90. The zero-order valence-corrected chi connectivity index (χ0v) is 15.5. The van der Waals surface area contributed by atoms with Crippen LogP contribution in [0.25, 0.3) is 11.3 Å². The number of hydrogen-bond donors (Lipinski definition) is 0. The lowest BCUT2D eigenvalue weighted by Gasteiger charge is -2.18. The van der Waals surface area contributed by atoms with Gasteiger partial charge < -0.3 is 4.57 Å². The molecule has 1 aromatic heterocycles. The zero-order valence-electron chi connectivity index (χ0n) is 14.7. The quantitative estimate of drug-likeness (QED) is 0.587. The van der Waals surface area contributed by atoms with E-state index in [0.29, 0.717) is 5.56 Å². The first-order valence-corrected chi connectivity index (χ1v) is 8.65. The van der Waals surface area contributed by atoms with Crippen LogP contribution in [0.15, 0.2) is 59.4 Å². The largest absolute Gasteiger partial charge is 0.417 e. The van der Waals surface area contributed by atoms with Crippen LogP contribution in [0, 0.1) is 18.3 Å². The van der Waals surface area contributed by atoms with Crippen molar-refractivity contribution in [3.05, 3.63) is 92.2 Å². The third-order valence-corrected chi connectivity index (χ3v) is 4.66. The molecule has 0 radical (unpaired) electrons. The van der Waals surface area contributed by atoms with Crippen molar-refractivity contribution < 1.29 is 13.2 Å². The predicted molar refractivity (Wildman–Crippen MR) is 101 cm³/mol. The van der Waals surface area contributed by atoms with Gasteiger partial charge in [0.15, 0.2) is 0 Å². The minimum absolute atomic E-state index is 0.00231. The molecule has 28 heavy (non-hydrogen) atoms. The molecule has 0 aliphatic carbocycles. The molecule has 0 atom stereocenters. The molecule has 0 saturated carbocycles. The van der Waals surface area contributed by atoms with Crippen molar-refractivity contribution in [3.63, 3.8) is 0 Å². The Labute approximate surface area is 164 Å². The van der Waals surface area contributed by atoms with E-state index in [-0.39, 0.29) is 22.8 Å². The second-order valence-corrected chi connectivity index (χ2v) is 6.69. The first-order valence-electron chi connectivity index (χ1n) is 8.28. The lowest BCUT2D eigenvalue weighted by atomic mass is 10.0. The molecule has 0 spiro atoms. The second kappa shape index (κ2) is 7.53. The third kappa shape index (κ3) is 3.80. The van der Waals surface area contributed by atoms with Gasteiger partial charge >= 0.3 is 6.18 Å². The van der Waals surface area contributed by atoms with Crippen molar-refractivity contribution in [1.82, 2.24) is 4.57 Å². The van der Waals surface area contributed by atoms with Gasteiger partial charge in [0.2, 0.25) is 0 Å². The normalized spacial score (nSPS) is 11.3. The lowest BCUT2D eigenvalue weighted by molar-refractivity contribution is -0.137. The first-order chi connectivity index (χ1) is 13.2. The molecular formula is C21H14ClF3N2O. The molecule has 1 heterocycles. The summed E-state index contributed by atoms with van der Waals surface area (Å²) >= 11 is 6.19. The summed E-state index contributed by atoms with van der Waals surface area (Å²) in [5.41, 5.74) is -1.21. The van der Waals surface area contributed by atoms with Crippen molar-refractivity contribution in [3.8, 4) is 17.3 Å². The van der Waals surface area contributed by atoms with Crippen molar-refractivity contribution in [2.24, 2.45) is 0 Å². The van der Waals surface area contributed by atoms with E-state index in [1.807, 2.05) is 19.1 Å². The van der Waals surface area contributed by atoms with E-state index in [1.54, 1.807) is 24.3 Å². The maximum atomic E-state index is 13.5. The Kier molecular flexibility index (Phi) is 5.30. The Bertz CT molecular complexity index is 1130. The highest BCUT2D eigenvalue weighted by Crippen LogP contribution is 2.35. The van der Waals surface area contributed by atoms with Crippen LogP contribution in [-0.2, 0) is 12.7 Å². The number of rotatable bonds is 3. The number of alkyl halides is 3. The molecule has 3 rings (SSSR count). The van der Waals surface area contributed by atoms with Crippen LogP contribution in [0.4, 0.5) is 13.2 Å². The van der Waals surface area contributed by atoms with Crippen molar-refractivity contribution in [2.75, 3.05) is 0 Å². The number of aromatic nitrogens is 1. The monoisotopic (exact) mass is 402 g/mol. The molecule has 0 aliphatic heterocycles. The van der Waals surface area contributed by atoms with E-state index in [2.05, 4.69) is 0 Å². The van der Waals surface area contributed by atoms with E-state index in [9.17, 15) is 23.2 Å². The standard InChI is InChI=1S/C21H14ClF3N2O/c1-13-6-8-14(9-7-13)12-27-19(15-4-2-3-5-18(15)22)10-17(21(23,24)25)16(11-26)20(27)28/h2-10H,12H2,1H3. The van der Waals surface area contributed by atoms with Crippen LogP contribution < -0.4 is 5.56 Å². The number of nitrogens with zero attached hydrogens (tertiary/aromatic N) is 2. The number of aryl methyl sites for hydroxylation is 1. The molecular weight excluding hydrogens is 389 g/mol. The number of hydrogen-bond acceptors (Lipinski definition) is 2. The van der Waals surface area contributed by atoms with Crippen LogP contribution >= 0.6 is 11.6 Å². The second-order valence-electron chi connectivity index (χ2n) is 6.28. The van der Waals surface area contributed by atoms with Crippen LogP contribution in [-0.4, -0.2) is 4.57 Å². The van der Waals surface area contributed by atoms with Crippen molar-refractivity contribution >= 4 is 11.6 Å². The fraction of sp³-hybridized carbons (Fsp3) is 0.143. The van der Waals surface area contributed by atoms with E-state index in [0.717, 1.165) is 16.2 Å². The van der Waals surface area contributed by atoms with Crippen molar-refractivity contribution in [2.45, 2.75) is 19.6 Å². The SMILES string of the molecule is Cc1ccc(Cn2c(-c3ccccc3Cl)cc(C(F)(F)F)c(C#N)c2=O)cc1. The fourth-order valence-corrected chi connectivity index (χ4v) is 3.14. The van der Waals surface area contributed by atoms with Gasteiger partial charge in [-0.15, -0.1) is 0 Å². The Morgan fingerprint density at radius 3 is 2.32 bits per heavy atom. The van der Waals surface area contributed by atoms with Gasteiger partial charge in [-0.3, -0.25) is 4.79 Å². The van der Waals surface area contributed by atoms with Gasteiger partial charge in [0.25, 0.3) is 5.56 Å². The highest BCUT2D eigenvalue weighted by Gasteiger charge is 2.36. The Morgan fingerprint density at radius 1 is 1.11 bits per heavy atom. The lowest BCUT2D eigenvalue weighted by Crippen LogP contribution is -2.28. The topological polar surface area (TPSA) is 45.8 Å². The van der Waals surface area contributed by atoms with Gasteiger partial charge in [0.05, 0.1) is 17.8 Å². The summed E-state index contributed by atoms with van der Waals surface area (Å²) in [5, 5.41) is 9.42. The highest BCUT2D eigenvalue weighted by molar-refractivity contribution is 6.33. The van der Waals surface area contributed by atoms with Crippen LogP contribution in [0.2, 0.25) is 5.02 Å². The Balaban J connectivity index is 2.33. The Morgan fingerprint density at radius 2 is 1.75 bits per heavy atom. The van der Waals surface area contributed by atoms with E-state index < -0.39 is 22.9 Å². The minimum Gasteiger partial charge on any atom is -0.303 e. The molecule has 2 aromatic carbocycles. The molecule has 3 aromatic rings. The van der Waals surface area contributed by atoms with Crippen LogP contribution in [0.5, 0.6) is 0 Å². The van der Waals surface area contributed by atoms with E-state index in [4.69, 9.17) is 11.6 Å². The van der Waals surface area contributed by atoms with Gasteiger partial charge in [-0.2, -0.15) is 18.4 Å². The minimum atomic E-state index is -4.84. The molecule has 0 saturated heterocycles. The van der Waals surface area contributed by atoms with E-state index in [1.165, 1.54) is 18.2 Å². The van der Waals surface area contributed by atoms with Gasteiger partial charge in [-0.05, 0) is 24.6 Å². The number of nitriles is 1. The van der Waals surface area contributed by atoms with E-state index >= 15 is 0 Å². The molecule has 0 fully saturated rings. The molecule has 7 heteroatoms. The average Bonchev–Trinajstić information content (AvgIpc) is 2.64. The molecule has 3 nitrogen and oxygen atoms in total. The zero-order chi connectivity index (χ0) is 20.5. The van der Waals surface area contributed by atoms with Crippen molar-refractivity contribution in [1.29, 1.82) is 5.26 Å². The summed E-state index contributed by atoms with van der Waals surface area (Å²) in [6.45, 7) is 1.91. The first kappa shape index (κ1) is 19.7. The molecule has 142 valence electrons. The van der Waals surface area contributed by atoms with Gasteiger partial charge in [0.1, 0.15) is 11.6 Å². The maximum absolute atomic E-state index is 13.5. The van der Waals surface area contributed by atoms with Crippen LogP contribution in [0.3, 0.4) is 0 Å².